The minimum atomic E-state index is 0.332. The van der Waals surface area contributed by atoms with Gasteiger partial charge in [-0.3, -0.25) is 5.01 Å². The Balaban J connectivity index is 0.000000880. The van der Waals surface area contributed by atoms with Gasteiger partial charge in [0.05, 0.1) is 28.1 Å². The van der Waals surface area contributed by atoms with E-state index in [1.165, 1.54) is 41.0 Å². The fraction of sp³-hybridized carbons (Fsp3) is 0.600. The molecule has 1 aliphatic carbocycles. The fourth-order valence-corrected chi connectivity index (χ4v) is 3.95. The Hall–Kier alpha value is -1.48. The van der Waals surface area contributed by atoms with Crippen molar-refractivity contribution in [3.8, 4) is 11.8 Å². The van der Waals surface area contributed by atoms with Crippen LogP contribution in [0.5, 0.6) is 0 Å². The molecular formula is C20H29N3OS. The molecule has 1 saturated heterocycles. The quantitative estimate of drug-likeness (QED) is 0.799. The van der Waals surface area contributed by atoms with Gasteiger partial charge in [-0.15, -0.1) is 16.9 Å². The highest BCUT2D eigenvalue weighted by Gasteiger charge is 2.22. The van der Waals surface area contributed by atoms with Gasteiger partial charge in [0.25, 0.3) is 0 Å². The molecule has 4 rings (SSSR count). The first kappa shape index (κ1) is 18.3. The second-order valence-corrected chi connectivity index (χ2v) is 7.64. The third-order valence-corrected chi connectivity index (χ3v) is 5.62. The van der Waals surface area contributed by atoms with Gasteiger partial charge in [0.15, 0.2) is 0 Å². The van der Waals surface area contributed by atoms with Crippen LogP contribution in [0, 0.1) is 24.7 Å². The second-order valence-electron chi connectivity index (χ2n) is 6.59. The SMILES string of the molecule is CC.Cc1cc(C#CC2CC2)sc1C1=CN(C[C@H]2CCCCO2)NN1. The van der Waals surface area contributed by atoms with Gasteiger partial charge in [-0.05, 0) is 50.7 Å². The lowest BCUT2D eigenvalue weighted by molar-refractivity contribution is -0.00514. The molecule has 0 aromatic carbocycles. The Kier molecular flexibility index (Phi) is 6.41. The van der Waals surface area contributed by atoms with Gasteiger partial charge in [-0.2, -0.15) is 0 Å². The van der Waals surface area contributed by atoms with Crippen molar-refractivity contribution in [1.82, 2.24) is 16.0 Å². The lowest BCUT2D eigenvalue weighted by atomic mass is 10.1. The first-order chi connectivity index (χ1) is 12.3. The number of ether oxygens (including phenoxy) is 1. The molecule has 1 aromatic heterocycles. The summed E-state index contributed by atoms with van der Waals surface area (Å²) in [6.07, 6.45) is 8.66. The molecule has 4 nitrogen and oxygen atoms in total. The number of rotatable bonds is 3. The number of hydrogen-bond donors (Lipinski definition) is 2. The van der Waals surface area contributed by atoms with Crippen LogP contribution in [0.1, 0.15) is 61.3 Å². The predicted octanol–water partition coefficient (Wildman–Crippen LogP) is 4.04. The monoisotopic (exact) mass is 359 g/mol. The molecule has 25 heavy (non-hydrogen) atoms. The Morgan fingerprint density at radius 1 is 1.28 bits per heavy atom. The molecule has 2 fully saturated rings. The zero-order valence-corrected chi connectivity index (χ0v) is 16.3. The van der Waals surface area contributed by atoms with Crippen molar-refractivity contribution in [3.05, 3.63) is 27.6 Å². The molecule has 1 atom stereocenters. The lowest BCUT2D eigenvalue weighted by Crippen LogP contribution is -2.42. The molecule has 1 saturated carbocycles. The fourth-order valence-electron chi connectivity index (χ4n) is 2.95. The summed E-state index contributed by atoms with van der Waals surface area (Å²) < 4.78 is 5.81. The molecule has 2 N–H and O–H groups in total. The number of aryl methyl sites for hydroxylation is 1. The molecule has 0 bridgehead atoms. The highest BCUT2D eigenvalue weighted by atomic mass is 32.1. The number of nitrogens with one attached hydrogen (secondary N) is 2. The summed E-state index contributed by atoms with van der Waals surface area (Å²) >= 11 is 1.77. The van der Waals surface area contributed by atoms with Crippen LogP contribution in [0.2, 0.25) is 0 Å². The topological polar surface area (TPSA) is 36.5 Å². The maximum absolute atomic E-state index is 5.81. The van der Waals surface area contributed by atoms with Gasteiger partial charge in [0.1, 0.15) is 0 Å². The third-order valence-electron chi connectivity index (χ3n) is 4.43. The van der Waals surface area contributed by atoms with Crippen molar-refractivity contribution in [3.63, 3.8) is 0 Å². The molecule has 1 aromatic rings. The minimum absolute atomic E-state index is 0.332. The van der Waals surface area contributed by atoms with Crippen LogP contribution in [0.15, 0.2) is 12.3 Å². The van der Waals surface area contributed by atoms with Crippen LogP contribution in [0.25, 0.3) is 5.70 Å². The molecule has 0 spiro atoms. The van der Waals surface area contributed by atoms with Crippen molar-refractivity contribution in [2.75, 3.05) is 13.2 Å². The van der Waals surface area contributed by atoms with Gasteiger partial charge in [0, 0.05) is 18.7 Å². The number of thiophene rings is 1. The van der Waals surface area contributed by atoms with Crippen LogP contribution in [0.3, 0.4) is 0 Å². The van der Waals surface area contributed by atoms with E-state index >= 15 is 0 Å². The average Bonchev–Trinajstić information content (AvgIpc) is 3.25. The molecule has 2 aliphatic heterocycles. The van der Waals surface area contributed by atoms with Crippen LogP contribution in [-0.4, -0.2) is 24.3 Å². The number of hydrogen-bond acceptors (Lipinski definition) is 5. The van der Waals surface area contributed by atoms with Gasteiger partial charge >= 0.3 is 0 Å². The summed E-state index contributed by atoms with van der Waals surface area (Å²) in [6, 6.07) is 2.20. The molecule has 0 radical (unpaired) electrons. The van der Waals surface area contributed by atoms with Crippen LogP contribution >= 0.6 is 11.3 Å². The third kappa shape index (κ3) is 5.01. The number of hydrazine groups is 2. The lowest BCUT2D eigenvalue weighted by Gasteiger charge is -2.26. The van der Waals surface area contributed by atoms with Crippen LogP contribution < -0.4 is 11.0 Å². The van der Waals surface area contributed by atoms with Crippen molar-refractivity contribution in [2.45, 2.75) is 59.0 Å². The minimum Gasteiger partial charge on any atom is -0.376 e. The summed E-state index contributed by atoms with van der Waals surface area (Å²) in [4.78, 5) is 2.44. The normalized spacial score (nSPS) is 22.3. The van der Waals surface area contributed by atoms with Gasteiger partial charge in [0.2, 0.25) is 0 Å². The average molecular weight is 360 g/mol. The van der Waals surface area contributed by atoms with E-state index in [1.54, 1.807) is 11.3 Å². The summed E-state index contributed by atoms with van der Waals surface area (Å²) in [5.74, 6) is 7.32. The van der Waals surface area contributed by atoms with E-state index in [9.17, 15) is 0 Å². The van der Waals surface area contributed by atoms with E-state index in [4.69, 9.17) is 4.74 Å². The maximum atomic E-state index is 5.81. The van der Waals surface area contributed by atoms with Crippen LogP contribution in [-0.2, 0) is 4.74 Å². The largest absolute Gasteiger partial charge is 0.376 e. The van der Waals surface area contributed by atoms with Crippen molar-refractivity contribution in [1.29, 1.82) is 0 Å². The summed E-state index contributed by atoms with van der Waals surface area (Å²) in [5.41, 5.74) is 8.93. The smallest absolute Gasteiger partial charge is 0.0854 e. The Morgan fingerprint density at radius 3 is 2.84 bits per heavy atom. The van der Waals surface area contributed by atoms with E-state index in [2.05, 4.69) is 47.0 Å². The maximum Gasteiger partial charge on any atom is 0.0854 e. The van der Waals surface area contributed by atoms with Gasteiger partial charge < -0.3 is 10.2 Å². The highest BCUT2D eigenvalue weighted by molar-refractivity contribution is 7.13. The molecule has 3 aliphatic rings. The van der Waals surface area contributed by atoms with E-state index < -0.39 is 0 Å². The predicted molar refractivity (Wildman–Crippen MR) is 105 cm³/mol. The van der Waals surface area contributed by atoms with Crippen molar-refractivity contribution < 1.29 is 4.74 Å². The number of nitrogens with zero attached hydrogens (tertiary/aromatic N) is 1. The Bertz CT molecular complexity index is 660. The Labute approximate surface area is 155 Å². The first-order valence-corrected chi connectivity index (χ1v) is 10.3. The summed E-state index contributed by atoms with van der Waals surface area (Å²) in [5, 5.41) is 2.10. The molecule has 3 heterocycles. The second kappa shape index (κ2) is 8.75. The molecule has 136 valence electrons. The molecule has 0 unspecified atom stereocenters. The Morgan fingerprint density at radius 2 is 2.12 bits per heavy atom. The zero-order valence-electron chi connectivity index (χ0n) is 15.5. The molecule has 0 amide bonds. The van der Waals surface area contributed by atoms with Gasteiger partial charge in [-0.1, -0.05) is 25.7 Å². The van der Waals surface area contributed by atoms with E-state index in [1.807, 2.05) is 13.8 Å². The summed E-state index contributed by atoms with van der Waals surface area (Å²) in [7, 11) is 0. The van der Waals surface area contributed by atoms with Crippen molar-refractivity contribution in [2.24, 2.45) is 5.92 Å². The standard InChI is InChI=1S/C18H23N3OS.C2H6/c1-13-10-16(8-7-14-5-6-14)23-18(13)17-12-21(20-19-17)11-15-4-2-3-9-22-15;1-2/h10,12,14-15,19-20H,2-6,9,11H2,1H3;1-2H3/t15-;/m1./s1. The zero-order chi connectivity index (χ0) is 17.6. The highest BCUT2D eigenvalue weighted by Crippen LogP contribution is 2.30. The summed E-state index contributed by atoms with van der Waals surface area (Å²) in [6.45, 7) is 7.94. The van der Waals surface area contributed by atoms with Crippen molar-refractivity contribution >= 4 is 17.0 Å². The molecular weight excluding hydrogens is 330 g/mol. The van der Waals surface area contributed by atoms with E-state index in [-0.39, 0.29) is 0 Å². The van der Waals surface area contributed by atoms with E-state index in [0.29, 0.717) is 12.0 Å². The first-order valence-electron chi connectivity index (χ1n) is 9.52. The molecule has 5 heteroatoms. The van der Waals surface area contributed by atoms with Crippen LogP contribution in [0.4, 0.5) is 0 Å². The van der Waals surface area contributed by atoms with Gasteiger partial charge in [-0.25, -0.2) is 0 Å². The van der Waals surface area contributed by atoms with E-state index in [0.717, 1.165) is 25.3 Å².